The maximum atomic E-state index is 12.2. The average molecular weight is 369 g/mol. The highest BCUT2D eigenvalue weighted by molar-refractivity contribution is 9.09. The van der Waals surface area contributed by atoms with E-state index in [2.05, 4.69) is 27.6 Å². The van der Waals surface area contributed by atoms with Crippen LogP contribution < -0.4 is 4.72 Å². The quantitative estimate of drug-likeness (QED) is 0.709. The molecule has 108 valence electrons. The highest BCUT2D eigenvalue weighted by atomic mass is 79.9. The van der Waals surface area contributed by atoms with Crippen LogP contribution in [0.3, 0.4) is 0 Å². The van der Waals surface area contributed by atoms with E-state index in [0.29, 0.717) is 12.5 Å². The molecule has 0 aliphatic carbocycles. The highest BCUT2D eigenvalue weighted by Crippen LogP contribution is 2.21. The van der Waals surface area contributed by atoms with Gasteiger partial charge >= 0.3 is 0 Å². The number of alkyl halides is 1. The summed E-state index contributed by atoms with van der Waals surface area (Å²) in [6.07, 6.45) is 3.01. The molecule has 19 heavy (non-hydrogen) atoms. The molecule has 0 aliphatic rings. The van der Waals surface area contributed by atoms with Crippen molar-refractivity contribution in [3.63, 3.8) is 0 Å². The number of rotatable bonds is 8. The molecular weight excluding hydrogens is 350 g/mol. The first-order chi connectivity index (χ1) is 9.01. The molecule has 0 spiro atoms. The van der Waals surface area contributed by atoms with Gasteiger partial charge in [-0.2, -0.15) is 0 Å². The van der Waals surface area contributed by atoms with Crippen LogP contribution in [-0.4, -0.2) is 20.3 Å². The number of hydrogen-bond donors (Lipinski definition) is 1. The Kier molecular flexibility index (Phi) is 7.36. The van der Waals surface area contributed by atoms with E-state index in [9.17, 15) is 8.42 Å². The summed E-state index contributed by atoms with van der Waals surface area (Å²) in [5.74, 6) is 0.349. The summed E-state index contributed by atoms with van der Waals surface area (Å²) in [6, 6.07) is 6.48. The Labute approximate surface area is 128 Å². The van der Waals surface area contributed by atoms with Gasteiger partial charge in [0.15, 0.2) is 0 Å². The van der Waals surface area contributed by atoms with Gasteiger partial charge in [0.05, 0.1) is 5.02 Å². The van der Waals surface area contributed by atoms with Gasteiger partial charge in [-0.15, -0.1) is 0 Å². The summed E-state index contributed by atoms with van der Waals surface area (Å²) < 4.78 is 27.0. The fourth-order valence-corrected chi connectivity index (χ4v) is 4.16. The largest absolute Gasteiger partial charge is 0.242 e. The number of halogens is 2. The second-order valence-electron chi connectivity index (χ2n) is 4.41. The predicted molar refractivity (Wildman–Crippen MR) is 83.4 cm³/mol. The van der Waals surface area contributed by atoms with Gasteiger partial charge in [0.2, 0.25) is 10.0 Å². The number of hydrogen-bond acceptors (Lipinski definition) is 2. The van der Waals surface area contributed by atoms with Crippen LogP contribution in [0.1, 0.15) is 26.2 Å². The fraction of sp³-hybridized carbons (Fsp3) is 0.538. The zero-order chi connectivity index (χ0) is 14.3. The first-order valence-corrected chi connectivity index (χ1v) is 9.29. The monoisotopic (exact) mass is 367 g/mol. The first-order valence-electron chi connectivity index (χ1n) is 6.31. The molecule has 0 saturated heterocycles. The van der Waals surface area contributed by atoms with E-state index in [4.69, 9.17) is 11.6 Å². The Bertz CT molecular complexity index is 487. The van der Waals surface area contributed by atoms with Crippen molar-refractivity contribution >= 4 is 37.6 Å². The molecule has 0 bridgehead atoms. The molecule has 1 aromatic rings. The maximum Gasteiger partial charge on any atom is 0.242 e. The smallest absolute Gasteiger partial charge is 0.211 e. The molecule has 1 N–H and O–H groups in total. The Morgan fingerprint density at radius 3 is 2.58 bits per heavy atom. The van der Waals surface area contributed by atoms with Gasteiger partial charge in [-0.1, -0.05) is 53.0 Å². The van der Waals surface area contributed by atoms with E-state index in [1.54, 1.807) is 18.2 Å². The van der Waals surface area contributed by atoms with Crippen LogP contribution in [0.15, 0.2) is 29.2 Å². The summed E-state index contributed by atoms with van der Waals surface area (Å²) >= 11 is 9.32. The van der Waals surface area contributed by atoms with E-state index in [-0.39, 0.29) is 9.92 Å². The molecule has 6 heteroatoms. The summed E-state index contributed by atoms with van der Waals surface area (Å²) in [4.78, 5) is 0.144. The summed E-state index contributed by atoms with van der Waals surface area (Å²) in [7, 11) is -3.52. The second-order valence-corrected chi connectivity index (χ2v) is 7.35. The van der Waals surface area contributed by atoms with Crippen molar-refractivity contribution < 1.29 is 8.42 Å². The van der Waals surface area contributed by atoms with E-state index in [1.165, 1.54) is 6.07 Å². The topological polar surface area (TPSA) is 46.2 Å². The minimum atomic E-state index is -3.52. The van der Waals surface area contributed by atoms with E-state index >= 15 is 0 Å². The molecule has 0 radical (unpaired) electrons. The van der Waals surface area contributed by atoms with Gasteiger partial charge in [-0.05, 0) is 30.9 Å². The van der Waals surface area contributed by atoms with E-state index in [0.717, 1.165) is 24.6 Å². The van der Waals surface area contributed by atoms with E-state index < -0.39 is 10.0 Å². The van der Waals surface area contributed by atoms with Crippen molar-refractivity contribution in [2.75, 3.05) is 11.9 Å². The Morgan fingerprint density at radius 2 is 2.00 bits per heavy atom. The van der Waals surface area contributed by atoms with Crippen LogP contribution in [-0.2, 0) is 10.0 Å². The average Bonchev–Trinajstić information content (AvgIpc) is 2.37. The minimum Gasteiger partial charge on any atom is -0.211 e. The third-order valence-corrected chi connectivity index (χ3v) is 5.28. The van der Waals surface area contributed by atoms with Crippen LogP contribution in [0.25, 0.3) is 0 Å². The third-order valence-electron chi connectivity index (χ3n) is 2.90. The lowest BCUT2D eigenvalue weighted by Crippen LogP contribution is -2.29. The predicted octanol–water partition coefficient (Wildman–Crippen LogP) is 3.82. The molecule has 0 aliphatic heterocycles. The number of sulfonamides is 1. The molecular formula is C13H19BrClNO2S. The Morgan fingerprint density at radius 1 is 1.32 bits per heavy atom. The lowest BCUT2D eigenvalue weighted by molar-refractivity contribution is 0.459. The van der Waals surface area contributed by atoms with Crippen molar-refractivity contribution in [2.24, 2.45) is 5.92 Å². The van der Waals surface area contributed by atoms with Gasteiger partial charge in [0, 0.05) is 11.9 Å². The molecule has 0 saturated carbocycles. The first kappa shape index (κ1) is 17.0. The van der Waals surface area contributed by atoms with Gasteiger partial charge < -0.3 is 0 Å². The van der Waals surface area contributed by atoms with Gasteiger partial charge in [0.1, 0.15) is 4.90 Å². The highest BCUT2D eigenvalue weighted by Gasteiger charge is 2.18. The van der Waals surface area contributed by atoms with Crippen molar-refractivity contribution in [2.45, 2.75) is 31.1 Å². The molecule has 0 heterocycles. The van der Waals surface area contributed by atoms with Crippen LogP contribution >= 0.6 is 27.5 Å². The number of nitrogens with one attached hydrogen (secondary N) is 1. The Balaban J connectivity index is 2.72. The summed E-state index contributed by atoms with van der Waals surface area (Å²) in [6.45, 7) is 2.55. The van der Waals surface area contributed by atoms with Crippen LogP contribution in [0, 0.1) is 5.92 Å². The molecule has 1 rings (SSSR count). The molecule has 0 fully saturated rings. The Hall–Kier alpha value is -0.100. The zero-order valence-electron chi connectivity index (χ0n) is 10.9. The summed E-state index contributed by atoms with van der Waals surface area (Å²) in [5.41, 5.74) is 0. The second kappa shape index (κ2) is 8.25. The fourth-order valence-electron chi connectivity index (χ4n) is 1.88. The van der Waals surface area contributed by atoms with Crippen molar-refractivity contribution in [1.82, 2.24) is 4.72 Å². The lowest BCUT2D eigenvalue weighted by Gasteiger charge is -2.16. The van der Waals surface area contributed by atoms with Crippen molar-refractivity contribution in [3.05, 3.63) is 29.3 Å². The minimum absolute atomic E-state index is 0.144. The van der Waals surface area contributed by atoms with Gasteiger partial charge in [-0.25, -0.2) is 13.1 Å². The van der Waals surface area contributed by atoms with Crippen LogP contribution in [0.4, 0.5) is 0 Å². The standard InChI is InChI=1S/C13H19BrClNO2S/c1-2-5-11(8-9-14)10-16-19(17,18)13-7-4-3-6-12(13)15/h3-4,6-7,11,16H,2,5,8-10H2,1H3. The maximum absolute atomic E-state index is 12.2. The SMILES string of the molecule is CCCC(CCBr)CNS(=O)(=O)c1ccccc1Cl. The van der Waals surface area contributed by atoms with Crippen LogP contribution in [0.5, 0.6) is 0 Å². The lowest BCUT2D eigenvalue weighted by atomic mass is 10.0. The molecule has 1 atom stereocenters. The van der Waals surface area contributed by atoms with Gasteiger partial charge in [0.25, 0.3) is 0 Å². The zero-order valence-corrected chi connectivity index (χ0v) is 14.1. The normalized spacial score (nSPS) is 13.4. The van der Waals surface area contributed by atoms with Crippen molar-refractivity contribution in [3.8, 4) is 0 Å². The molecule has 3 nitrogen and oxygen atoms in total. The number of benzene rings is 1. The molecule has 0 amide bonds. The van der Waals surface area contributed by atoms with Crippen molar-refractivity contribution in [1.29, 1.82) is 0 Å². The summed E-state index contributed by atoms with van der Waals surface area (Å²) in [5, 5.41) is 1.13. The molecule has 0 aromatic heterocycles. The van der Waals surface area contributed by atoms with Crippen LogP contribution in [0.2, 0.25) is 5.02 Å². The van der Waals surface area contributed by atoms with E-state index in [1.807, 2.05) is 0 Å². The van der Waals surface area contributed by atoms with Gasteiger partial charge in [-0.3, -0.25) is 0 Å². The molecule has 1 unspecified atom stereocenters. The third kappa shape index (κ3) is 5.42. The molecule has 1 aromatic carbocycles.